The highest BCUT2D eigenvalue weighted by atomic mass is 16.3. The van der Waals surface area contributed by atoms with Crippen molar-refractivity contribution in [2.75, 3.05) is 0 Å². The molecule has 0 bridgehead atoms. The second-order valence-electron chi connectivity index (χ2n) is 17.3. The van der Waals surface area contributed by atoms with Crippen LogP contribution in [-0.2, 0) is 0 Å². The smallest absolute Gasteiger partial charge is 0.155 e. The molecule has 0 radical (unpaired) electrons. The molecule has 63 heavy (non-hydrogen) atoms. The van der Waals surface area contributed by atoms with Gasteiger partial charge in [0.2, 0.25) is 0 Å². The van der Waals surface area contributed by atoms with Gasteiger partial charge in [-0.25, -0.2) is 4.99 Å². The van der Waals surface area contributed by atoms with Crippen LogP contribution >= 0.6 is 0 Å². The van der Waals surface area contributed by atoms with Gasteiger partial charge in [-0.05, 0) is 93.0 Å². The third-order valence-corrected chi connectivity index (χ3v) is 13.4. The van der Waals surface area contributed by atoms with Gasteiger partial charge >= 0.3 is 0 Å². The predicted molar refractivity (Wildman–Crippen MR) is 264 cm³/mol. The maximum Gasteiger partial charge on any atom is 0.155 e. The van der Waals surface area contributed by atoms with Gasteiger partial charge in [-0.3, -0.25) is 4.99 Å². The average molecular weight is 813 g/mol. The fourth-order valence-electron chi connectivity index (χ4n) is 10.1. The van der Waals surface area contributed by atoms with Gasteiger partial charge in [-0.2, -0.15) is 0 Å². The minimum atomic E-state index is -0.126. The van der Waals surface area contributed by atoms with E-state index in [9.17, 15) is 0 Å². The number of fused-ring (bicyclic) bond motifs is 3. The molecule has 3 heteroatoms. The highest BCUT2D eigenvalue weighted by Crippen LogP contribution is 2.48. The van der Waals surface area contributed by atoms with E-state index in [0.717, 1.165) is 78.9 Å². The minimum absolute atomic E-state index is 0.0436. The number of amidine groups is 1. The Morgan fingerprint density at radius 1 is 0.508 bits per heavy atom. The van der Waals surface area contributed by atoms with Crippen LogP contribution < -0.4 is 0 Å². The topological polar surface area (TPSA) is 37.9 Å². The zero-order chi connectivity index (χ0) is 42.3. The summed E-state index contributed by atoms with van der Waals surface area (Å²) >= 11 is 0. The van der Waals surface area contributed by atoms with Crippen LogP contribution in [0, 0.1) is 23.7 Å². The number of aliphatic imine (C=N–C) groups is 2. The van der Waals surface area contributed by atoms with Crippen molar-refractivity contribution in [1.29, 1.82) is 0 Å². The largest absolute Gasteiger partial charge is 0.455 e. The van der Waals surface area contributed by atoms with Gasteiger partial charge < -0.3 is 4.42 Å². The molecule has 0 saturated carbocycles. The summed E-state index contributed by atoms with van der Waals surface area (Å²) in [5.74, 6) is 1.62. The van der Waals surface area contributed by atoms with E-state index in [1.165, 1.54) is 22.3 Å². The third-order valence-electron chi connectivity index (χ3n) is 13.4. The summed E-state index contributed by atoms with van der Waals surface area (Å²) in [5.41, 5.74) is 15.5. The highest BCUT2D eigenvalue weighted by molar-refractivity contribution is 6.16. The third kappa shape index (κ3) is 7.24. The van der Waals surface area contributed by atoms with Crippen LogP contribution in [0.4, 0.5) is 0 Å². The molecule has 2 heterocycles. The molecular formula is C60H48N2O. The van der Waals surface area contributed by atoms with Crippen LogP contribution in [0.5, 0.6) is 0 Å². The molecule has 7 aromatic carbocycles. The van der Waals surface area contributed by atoms with Crippen molar-refractivity contribution in [2.45, 2.75) is 26.3 Å². The summed E-state index contributed by atoms with van der Waals surface area (Å²) in [4.78, 5) is 10.9. The number of furan rings is 1. The van der Waals surface area contributed by atoms with Crippen LogP contribution in [0.15, 0.2) is 232 Å². The summed E-state index contributed by atoms with van der Waals surface area (Å²) in [5, 5.41) is 2.22. The lowest BCUT2D eigenvalue weighted by atomic mass is 9.68. The quantitative estimate of drug-likeness (QED) is 0.151. The van der Waals surface area contributed by atoms with Gasteiger partial charge in [0.15, 0.2) is 5.84 Å². The molecule has 0 spiro atoms. The molecule has 1 aliphatic heterocycles. The molecule has 5 atom stereocenters. The first-order valence-electron chi connectivity index (χ1n) is 22.3. The lowest BCUT2D eigenvalue weighted by Crippen LogP contribution is -2.37. The van der Waals surface area contributed by atoms with E-state index >= 15 is 0 Å². The number of nitrogens with zero attached hydrogens (tertiary/aromatic N) is 2. The molecule has 304 valence electrons. The normalized spacial score (nSPS) is 20.9. The highest BCUT2D eigenvalue weighted by Gasteiger charge is 2.38. The standard InChI is InChI=1S/C60H48N2O/c1-39-50(43-25-13-5-14-26-43)37-49(38-51(39)57-40(2)56(45-29-17-7-18-30-45)61-60(62-57)46-31-19-8-20-32-46)53-34-48(42-23-11-4-12-24-42)36-55-54-35-47(41-21-9-3-10-22-41)33-52(58(54)63-59(53)55)44-27-15-6-16-28-44/h3-25,27-40,43,50,57H,26H2,1-2H3. The number of benzene rings is 7. The minimum Gasteiger partial charge on any atom is -0.455 e. The maximum atomic E-state index is 7.32. The molecule has 0 fully saturated rings. The predicted octanol–water partition coefficient (Wildman–Crippen LogP) is 15.2. The molecule has 2 aliphatic carbocycles. The molecule has 1 aromatic heterocycles. The van der Waals surface area contributed by atoms with E-state index in [-0.39, 0.29) is 23.8 Å². The zero-order valence-electron chi connectivity index (χ0n) is 35.6. The fourth-order valence-corrected chi connectivity index (χ4v) is 10.1. The van der Waals surface area contributed by atoms with Gasteiger partial charge in [0.1, 0.15) is 11.2 Å². The number of hydrogen-bond donors (Lipinski definition) is 0. The Bertz CT molecular complexity index is 3150. The van der Waals surface area contributed by atoms with Gasteiger partial charge in [0.05, 0.1) is 11.8 Å². The van der Waals surface area contributed by atoms with Gasteiger partial charge in [0.25, 0.3) is 0 Å². The van der Waals surface area contributed by atoms with E-state index in [1.54, 1.807) is 0 Å². The monoisotopic (exact) mass is 812 g/mol. The molecule has 3 nitrogen and oxygen atoms in total. The molecule has 3 aliphatic rings. The molecule has 5 unspecified atom stereocenters. The summed E-state index contributed by atoms with van der Waals surface area (Å²) in [7, 11) is 0. The molecule has 0 amide bonds. The lowest BCUT2D eigenvalue weighted by Gasteiger charge is -2.39. The Morgan fingerprint density at radius 2 is 1.03 bits per heavy atom. The van der Waals surface area contributed by atoms with Crippen LogP contribution in [-0.4, -0.2) is 17.6 Å². The van der Waals surface area contributed by atoms with Crippen molar-refractivity contribution in [2.24, 2.45) is 33.7 Å². The van der Waals surface area contributed by atoms with Crippen molar-refractivity contribution in [3.05, 3.63) is 235 Å². The Labute approximate surface area is 369 Å². The molecule has 8 aromatic rings. The Balaban J connectivity index is 1.17. The second kappa shape index (κ2) is 16.5. The van der Waals surface area contributed by atoms with Gasteiger partial charge in [-0.1, -0.05) is 202 Å². The van der Waals surface area contributed by atoms with Crippen molar-refractivity contribution >= 4 is 39.1 Å². The number of hydrogen-bond acceptors (Lipinski definition) is 3. The first-order valence-corrected chi connectivity index (χ1v) is 22.3. The van der Waals surface area contributed by atoms with Crippen LogP contribution in [0.2, 0.25) is 0 Å². The summed E-state index contributed by atoms with van der Waals surface area (Å²) in [6.07, 6.45) is 15.1. The summed E-state index contributed by atoms with van der Waals surface area (Å²) in [6.45, 7) is 4.73. The maximum absolute atomic E-state index is 7.32. The Kier molecular flexibility index (Phi) is 10.1. The van der Waals surface area contributed by atoms with Crippen LogP contribution in [0.3, 0.4) is 0 Å². The fraction of sp³-hybridized carbons (Fsp3) is 0.133. The van der Waals surface area contributed by atoms with E-state index in [1.807, 2.05) is 0 Å². The van der Waals surface area contributed by atoms with E-state index in [0.29, 0.717) is 5.92 Å². The average Bonchev–Trinajstić information content (AvgIpc) is 3.74. The summed E-state index contributed by atoms with van der Waals surface area (Å²) < 4.78 is 7.32. The molecular weight excluding hydrogens is 765 g/mol. The lowest BCUT2D eigenvalue weighted by molar-refractivity contribution is 0.357. The second-order valence-corrected chi connectivity index (χ2v) is 17.3. The van der Waals surface area contributed by atoms with Gasteiger partial charge in [-0.15, -0.1) is 0 Å². The van der Waals surface area contributed by atoms with E-state index in [4.69, 9.17) is 14.4 Å². The van der Waals surface area contributed by atoms with Crippen molar-refractivity contribution in [3.8, 4) is 33.4 Å². The van der Waals surface area contributed by atoms with Crippen molar-refractivity contribution in [3.63, 3.8) is 0 Å². The first kappa shape index (κ1) is 38.6. The Morgan fingerprint density at radius 3 is 1.60 bits per heavy atom. The summed E-state index contributed by atoms with van der Waals surface area (Å²) in [6, 6.07) is 62.5. The van der Waals surface area contributed by atoms with Crippen molar-refractivity contribution < 1.29 is 4.42 Å². The molecule has 0 N–H and O–H groups in total. The molecule has 0 saturated heterocycles. The zero-order valence-corrected chi connectivity index (χ0v) is 35.6. The number of rotatable bonds is 8. The first-order chi connectivity index (χ1) is 31.1. The van der Waals surface area contributed by atoms with Gasteiger partial charge in [0, 0.05) is 33.4 Å². The van der Waals surface area contributed by atoms with E-state index < -0.39 is 0 Å². The van der Waals surface area contributed by atoms with Crippen molar-refractivity contribution in [1.82, 2.24) is 0 Å². The van der Waals surface area contributed by atoms with Crippen LogP contribution in [0.25, 0.3) is 60.9 Å². The SMILES string of the molecule is CC1C(c2ccccc2)=NC(c2ccccc2)=NC1C1=CC(c2cc(-c3ccccc3)cc3c2oc2c(-c4ccccc4)cc(-c4ccccc4)cc23)=CC(C2C=CC=CC2)C1C. The number of allylic oxidation sites excluding steroid dienone is 7. The van der Waals surface area contributed by atoms with E-state index in [2.05, 4.69) is 226 Å². The molecule has 11 rings (SSSR count). The Hall–Kier alpha value is -7.36. The van der Waals surface area contributed by atoms with Crippen LogP contribution in [0.1, 0.15) is 37.0 Å².